The molecule has 0 spiro atoms. The molecule has 5 aliphatic rings. The first-order valence-corrected chi connectivity index (χ1v) is 20.5. The molecular formula is C44H54N2O12. The maximum atomic E-state index is 13.6. The standard InChI is InChI=1S/C44H54N2O12/c1-24(47)55-37-13-7-28(15-39(37)57-26(3)49)22-45(5)32-9-10-33(45)18-30(17-32)41-36(42(51)52)21-44(41,43(53)54)31-19-34-11-12-35(20-31)46(34,6)23-29-8-14-38(56-25(2)48)40(16-29)58-27(4)50/h7-8,13-16,30-36,41H,9-12,17-23H2,1-6H3/t30?,31?,32?,33?,34?,35?,36?,41-,44+,45?,46?/m1/s1. The summed E-state index contributed by atoms with van der Waals surface area (Å²) in [6.45, 7) is 6.31. The number of nitrogens with zero attached hydrogens (tertiary/aromatic N) is 2. The quantitative estimate of drug-likeness (QED) is 0.174. The molecule has 5 fully saturated rings. The molecule has 4 aliphatic heterocycles. The van der Waals surface area contributed by atoms with Gasteiger partial charge in [-0.2, -0.15) is 0 Å². The molecule has 0 aromatic heterocycles. The lowest BCUT2D eigenvalue weighted by atomic mass is 9.43. The highest BCUT2D eigenvalue weighted by Gasteiger charge is 2.67. The normalized spacial score (nSPS) is 34.7. The maximum Gasteiger partial charge on any atom is 0.308 e. The second-order valence-electron chi connectivity index (χ2n) is 18.1. The third-order valence-electron chi connectivity index (χ3n) is 14.8. The molecule has 2 aromatic rings. The van der Waals surface area contributed by atoms with Crippen molar-refractivity contribution in [3.05, 3.63) is 47.5 Å². The van der Waals surface area contributed by atoms with Crippen molar-refractivity contribution >= 4 is 35.8 Å². The molecule has 1 aliphatic carbocycles. The van der Waals surface area contributed by atoms with Gasteiger partial charge in [-0.15, -0.1) is 0 Å². The van der Waals surface area contributed by atoms with Gasteiger partial charge in [0.25, 0.3) is 0 Å². The van der Waals surface area contributed by atoms with Crippen LogP contribution in [0.4, 0.5) is 0 Å². The van der Waals surface area contributed by atoms with Crippen LogP contribution in [0.2, 0.25) is 0 Å². The van der Waals surface area contributed by atoms with E-state index in [4.69, 9.17) is 18.9 Å². The van der Waals surface area contributed by atoms with Crippen LogP contribution in [0.25, 0.3) is 0 Å². The fourth-order valence-electron chi connectivity index (χ4n) is 12.4. The molecule has 4 saturated heterocycles. The van der Waals surface area contributed by atoms with Gasteiger partial charge in [0, 0.05) is 113 Å². The summed E-state index contributed by atoms with van der Waals surface area (Å²) in [5.41, 5.74) is 0.508. The van der Waals surface area contributed by atoms with Crippen molar-refractivity contribution in [2.75, 3.05) is 14.1 Å². The van der Waals surface area contributed by atoms with Gasteiger partial charge < -0.3 is 47.7 Å². The van der Waals surface area contributed by atoms with Crippen LogP contribution in [0.5, 0.6) is 23.0 Å². The average Bonchev–Trinajstić information content (AvgIpc) is 3.33. The Labute approximate surface area is 338 Å². The number of rotatable bonds is 12. The lowest BCUT2D eigenvalue weighted by Crippen LogP contribution is -2.70. The number of fused-ring (bicyclic) bond motifs is 4. The van der Waals surface area contributed by atoms with Crippen LogP contribution in [0.15, 0.2) is 36.4 Å². The Bertz CT molecular complexity index is 2000. The number of benzene rings is 2. The van der Waals surface area contributed by atoms with Crippen LogP contribution in [0.1, 0.15) is 96.6 Å². The highest BCUT2D eigenvalue weighted by atomic mass is 16.6. The van der Waals surface area contributed by atoms with Gasteiger partial charge in [0.05, 0.1) is 38.3 Å². The first-order chi connectivity index (χ1) is 27.3. The minimum atomic E-state index is -1.28. The van der Waals surface area contributed by atoms with E-state index in [0.717, 1.165) is 36.8 Å². The molecule has 0 radical (unpaired) electrons. The van der Waals surface area contributed by atoms with Crippen LogP contribution in [0, 0.1) is 29.1 Å². The summed E-state index contributed by atoms with van der Waals surface area (Å²) in [5.74, 6) is -5.69. The van der Waals surface area contributed by atoms with E-state index in [1.54, 1.807) is 24.3 Å². The van der Waals surface area contributed by atoms with Crippen molar-refractivity contribution in [3.63, 3.8) is 0 Å². The van der Waals surface area contributed by atoms with Gasteiger partial charge in [-0.1, -0.05) is 0 Å². The Morgan fingerprint density at radius 3 is 1.34 bits per heavy atom. The number of esters is 4. The zero-order valence-corrected chi connectivity index (χ0v) is 34.2. The molecule has 4 heterocycles. The summed E-state index contributed by atoms with van der Waals surface area (Å²) in [6.07, 6.45) is 6.29. The first-order valence-electron chi connectivity index (χ1n) is 20.5. The van der Waals surface area contributed by atoms with Crippen molar-refractivity contribution in [3.8, 4) is 23.0 Å². The van der Waals surface area contributed by atoms with Crippen LogP contribution in [-0.4, -0.2) is 83.0 Å². The predicted octanol–water partition coefficient (Wildman–Crippen LogP) is 2.99. The van der Waals surface area contributed by atoms with Gasteiger partial charge in [-0.3, -0.25) is 19.2 Å². The van der Waals surface area contributed by atoms with Crippen molar-refractivity contribution in [1.82, 2.24) is 0 Å². The van der Waals surface area contributed by atoms with Crippen LogP contribution >= 0.6 is 0 Å². The van der Waals surface area contributed by atoms with Gasteiger partial charge in [-0.25, -0.2) is 0 Å². The molecule has 0 N–H and O–H groups in total. The Hall–Kier alpha value is -4.82. The number of carbonyl (C=O) groups is 6. The van der Waals surface area contributed by atoms with E-state index in [1.807, 2.05) is 12.1 Å². The maximum absolute atomic E-state index is 13.6. The van der Waals surface area contributed by atoms with E-state index in [-0.39, 0.29) is 65.4 Å². The molecule has 312 valence electrons. The molecule has 2 aromatic carbocycles. The molecule has 14 heteroatoms. The van der Waals surface area contributed by atoms with E-state index in [1.165, 1.54) is 27.7 Å². The highest BCUT2D eigenvalue weighted by molar-refractivity contribution is 5.81. The van der Waals surface area contributed by atoms with Crippen LogP contribution in [0.3, 0.4) is 0 Å². The minimum absolute atomic E-state index is 0.0189. The van der Waals surface area contributed by atoms with Gasteiger partial charge in [0.15, 0.2) is 23.0 Å². The number of quaternary nitrogens is 2. The number of carboxylic acids is 2. The van der Waals surface area contributed by atoms with Crippen molar-refractivity contribution in [1.29, 1.82) is 0 Å². The van der Waals surface area contributed by atoms with E-state index in [0.29, 0.717) is 47.7 Å². The second-order valence-corrected chi connectivity index (χ2v) is 18.1. The minimum Gasteiger partial charge on any atom is -0.550 e. The van der Waals surface area contributed by atoms with E-state index >= 15 is 0 Å². The van der Waals surface area contributed by atoms with Crippen molar-refractivity contribution in [2.45, 2.75) is 123 Å². The zero-order chi connectivity index (χ0) is 41.9. The van der Waals surface area contributed by atoms with E-state index < -0.39 is 53.1 Å². The fraction of sp³-hybridized carbons (Fsp3) is 0.591. The third-order valence-corrected chi connectivity index (χ3v) is 14.8. The Balaban J connectivity index is 1.11. The number of carbonyl (C=O) groups excluding carboxylic acids is 6. The highest BCUT2D eigenvalue weighted by Crippen LogP contribution is 2.66. The van der Waals surface area contributed by atoms with Gasteiger partial charge >= 0.3 is 23.9 Å². The lowest BCUT2D eigenvalue weighted by Gasteiger charge is -2.65. The van der Waals surface area contributed by atoms with Gasteiger partial charge in [0.1, 0.15) is 13.1 Å². The third kappa shape index (κ3) is 7.38. The first kappa shape index (κ1) is 41.3. The molecule has 5 unspecified atom stereocenters. The molecular weight excluding hydrogens is 748 g/mol. The van der Waals surface area contributed by atoms with E-state index in [2.05, 4.69) is 14.1 Å². The molecule has 0 amide bonds. The Kier molecular flexibility index (Phi) is 11.0. The average molecular weight is 803 g/mol. The topological polar surface area (TPSA) is 185 Å². The molecule has 1 saturated carbocycles. The lowest BCUT2D eigenvalue weighted by molar-refractivity contribution is -0.962. The summed E-state index contributed by atoms with van der Waals surface area (Å²) in [4.78, 5) is 73.5. The summed E-state index contributed by atoms with van der Waals surface area (Å²) < 4.78 is 22.7. The van der Waals surface area contributed by atoms with Gasteiger partial charge in [0.2, 0.25) is 0 Å². The zero-order valence-electron chi connectivity index (χ0n) is 34.2. The Morgan fingerprint density at radius 1 is 0.603 bits per heavy atom. The predicted molar refractivity (Wildman–Crippen MR) is 201 cm³/mol. The van der Waals surface area contributed by atoms with Crippen molar-refractivity contribution < 1.29 is 66.9 Å². The second kappa shape index (κ2) is 15.4. The number of carboxylic acid groups (broad SMARTS) is 2. The number of piperidine rings is 2. The summed E-state index contributed by atoms with van der Waals surface area (Å²) >= 11 is 0. The van der Waals surface area contributed by atoms with Crippen molar-refractivity contribution in [2.24, 2.45) is 29.1 Å². The van der Waals surface area contributed by atoms with Crippen LogP contribution < -0.4 is 29.2 Å². The smallest absolute Gasteiger partial charge is 0.308 e. The Morgan fingerprint density at radius 2 is 0.983 bits per heavy atom. The molecule has 14 nitrogen and oxygen atoms in total. The largest absolute Gasteiger partial charge is 0.550 e. The number of hydrogen-bond donors (Lipinski definition) is 0. The monoisotopic (exact) mass is 802 g/mol. The molecule has 7 rings (SSSR count). The summed E-state index contributed by atoms with van der Waals surface area (Å²) in [6, 6.07) is 11.0. The fourth-order valence-corrected chi connectivity index (χ4v) is 12.4. The number of aliphatic carboxylic acids is 2. The SMILES string of the molecule is CC(=O)Oc1ccc(C[N+]2(C)C3CCC2CC([C@@H]2C(C(=O)[O-])C[C@]2(C(=O)[O-])C2CC4CCC(C2)[N+]4(C)Cc2ccc(OC(C)=O)c(OC(C)=O)c2)C3)cc1OC(C)=O. The molecule has 58 heavy (non-hydrogen) atoms. The summed E-state index contributed by atoms with van der Waals surface area (Å²) in [7, 11) is 4.39. The molecule has 4 bridgehead atoms. The molecule has 7 atom stereocenters. The van der Waals surface area contributed by atoms with E-state index in [9.17, 15) is 39.0 Å². The number of hydrogen-bond acceptors (Lipinski definition) is 12. The number of ether oxygens (including phenoxy) is 4. The summed E-state index contributed by atoms with van der Waals surface area (Å²) in [5, 5.41) is 26.4. The van der Waals surface area contributed by atoms with Crippen LogP contribution in [-0.2, 0) is 41.9 Å². The van der Waals surface area contributed by atoms with Gasteiger partial charge in [-0.05, 0) is 60.6 Å².